The summed E-state index contributed by atoms with van der Waals surface area (Å²) in [7, 11) is 0. The Balaban J connectivity index is 1.76. The predicted molar refractivity (Wildman–Crippen MR) is 106 cm³/mol. The fourth-order valence-corrected chi connectivity index (χ4v) is 2.71. The molecule has 0 radical (unpaired) electrons. The first kappa shape index (κ1) is 19.8. The Bertz CT molecular complexity index is 650. The lowest BCUT2D eigenvalue weighted by Gasteiger charge is -2.08. The van der Waals surface area contributed by atoms with E-state index in [0.717, 1.165) is 12.2 Å². The van der Waals surface area contributed by atoms with E-state index < -0.39 is 6.09 Å². The zero-order valence-electron chi connectivity index (χ0n) is 15.8. The molecule has 0 aromatic heterocycles. The summed E-state index contributed by atoms with van der Waals surface area (Å²) >= 11 is 0. The van der Waals surface area contributed by atoms with Gasteiger partial charge in [-0.05, 0) is 61.7 Å². The van der Waals surface area contributed by atoms with Gasteiger partial charge in [-0.2, -0.15) is 0 Å². The molecule has 0 saturated carbocycles. The van der Waals surface area contributed by atoms with Crippen LogP contribution in [0.3, 0.4) is 0 Å². The molecule has 0 aliphatic carbocycles. The standard InChI is InChI=1S/C22H29NO3/c1-3-5-6-7-8-9-18-10-14-21(15-11-18)26-22(24)23-19-12-16-20(17-13-19)25-4-2/h10-17H,3-9H2,1-2H3,(H,23,24). The summed E-state index contributed by atoms with van der Waals surface area (Å²) in [6, 6.07) is 14.9. The minimum atomic E-state index is -0.499. The van der Waals surface area contributed by atoms with E-state index in [2.05, 4.69) is 12.2 Å². The number of amides is 1. The number of hydrogen-bond acceptors (Lipinski definition) is 3. The highest BCUT2D eigenvalue weighted by atomic mass is 16.6. The van der Waals surface area contributed by atoms with E-state index in [4.69, 9.17) is 9.47 Å². The minimum Gasteiger partial charge on any atom is -0.494 e. The van der Waals surface area contributed by atoms with Crippen LogP contribution in [0, 0.1) is 0 Å². The SMILES string of the molecule is CCCCCCCc1ccc(OC(=O)Nc2ccc(OCC)cc2)cc1. The van der Waals surface area contributed by atoms with E-state index in [1.165, 1.54) is 37.7 Å². The lowest BCUT2D eigenvalue weighted by molar-refractivity contribution is 0.215. The normalized spacial score (nSPS) is 10.4. The third kappa shape index (κ3) is 7.18. The van der Waals surface area contributed by atoms with Gasteiger partial charge < -0.3 is 9.47 Å². The van der Waals surface area contributed by atoms with Crippen molar-refractivity contribution in [1.29, 1.82) is 0 Å². The molecule has 4 heteroatoms. The highest BCUT2D eigenvalue weighted by Gasteiger charge is 2.05. The minimum absolute atomic E-state index is 0.499. The van der Waals surface area contributed by atoms with Crippen molar-refractivity contribution in [2.24, 2.45) is 0 Å². The van der Waals surface area contributed by atoms with Crippen molar-refractivity contribution in [2.45, 2.75) is 52.4 Å². The Labute approximate surface area is 156 Å². The van der Waals surface area contributed by atoms with Gasteiger partial charge in [0.15, 0.2) is 0 Å². The number of anilines is 1. The predicted octanol–water partition coefficient (Wildman–Crippen LogP) is 6.21. The molecular formula is C22H29NO3. The van der Waals surface area contributed by atoms with Gasteiger partial charge in [0, 0.05) is 5.69 Å². The second-order valence-electron chi connectivity index (χ2n) is 6.28. The lowest BCUT2D eigenvalue weighted by Crippen LogP contribution is -2.16. The van der Waals surface area contributed by atoms with Crippen molar-refractivity contribution in [1.82, 2.24) is 0 Å². The first-order valence-corrected chi connectivity index (χ1v) is 9.52. The maximum Gasteiger partial charge on any atom is 0.417 e. The van der Waals surface area contributed by atoms with E-state index in [0.29, 0.717) is 18.0 Å². The first-order valence-electron chi connectivity index (χ1n) is 9.52. The number of carbonyl (C=O) groups excluding carboxylic acids is 1. The van der Waals surface area contributed by atoms with E-state index in [-0.39, 0.29) is 0 Å². The number of hydrogen-bond donors (Lipinski definition) is 1. The molecule has 0 fully saturated rings. The number of unbranched alkanes of at least 4 members (excludes halogenated alkanes) is 4. The van der Waals surface area contributed by atoms with Crippen molar-refractivity contribution >= 4 is 11.8 Å². The second kappa shape index (κ2) is 11.2. The monoisotopic (exact) mass is 355 g/mol. The molecule has 0 aliphatic heterocycles. The maximum atomic E-state index is 12.0. The molecule has 0 heterocycles. The van der Waals surface area contributed by atoms with Crippen LogP contribution in [0.15, 0.2) is 48.5 Å². The molecule has 1 amide bonds. The van der Waals surface area contributed by atoms with Crippen molar-refractivity contribution in [2.75, 3.05) is 11.9 Å². The summed E-state index contributed by atoms with van der Waals surface area (Å²) in [5.74, 6) is 1.32. The summed E-state index contributed by atoms with van der Waals surface area (Å²) in [6.45, 7) is 4.77. The van der Waals surface area contributed by atoms with Crippen molar-refractivity contribution < 1.29 is 14.3 Å². The van der Waals surface area contributed by atoms with Crippen LogP contribution >= 0.6 is 0 Å². The van der Waals surface area contributed by atoms with Crippen molar-refractivity contribution in [3.8, 4) is 11.5 Å². The highest BCUT2D eigenvalue weighted by molar-refractivity contribution is 5.86. The number of ether oxygens (including phenoxy) is 2. The molecule has 1 N–H and O–H groups in total. The Morgan fingerprint density at radius 2 is 1.50 bits per heavy atom. The number of rotatable bonds is 10. The first-order chi connectivity index (χ1) is 12.7. The zero-order valence-corrected chi connectivity index (χ0v) is 15.8. The Morgan fingerprint density at radius 1 is 0.846 bits per heavy atom. The molecule has 0 unspecified atom stereocenters. The Kier molecular flexibility index (Phi) is 8.53. The summed E-state index contributed by atoms with van der Waals surface area (Å²) in [4.78, 5) is 12.0. The molecule has 2 aromatic rings. The average Bonchev–Trinajstić information content (AvgIpc) is 2.65. The van der Waals surface area contributed by atoms with Gasteiger partial charge in [-0.25, -0.2) is 4.79 Å². The number of aryl methyl sites for hydroxylation is 1. The van der Waals surface area contributed by atoms with Crippen molar-refractivity contribution in [3.63, 3.8) is 0 Å². The second-order valence-corrected chi connectivity index (χ2v) is 6.28. The average molecular weight is 355 g/mol. The summed E-state index contributed by atoms with van der Waals surface area (Å²) in [5.41, 5.74) is 1.95. The fourth-order valence-electron chi connectivity index (χ4n) is 2.71. The van der Waals surface area contributed by atoms with Gasteiger partial charge in [-0.15, -0.1) is 0 Å². The summed E-state index contributed by atoms with van der Waals surface area (Å²) in [5, 5.41) is 2.71. The van der Waals surface area contributed by atoms with Gasteiger partial charge in [0.1, 0.15) is 11.5 Å². The molecule has 2 aromatic carbocycles. The number of nitrogens with one attached hydrogen (secondary N) is 1. The highest BCUT2D eigenvalue weighted by Crippen LogP contribution is 2.18. The van der Waals surface area contributed by atoms with E-state index in [1.807, 2.05) is 43.3 Å². The topological polar surface area (TPSA) is 47.6 Å². The molecule has 140 valence electrons. The molecule has 0 spiro atoms. The lowest BCUT2D eigenvalue weighted by atomic mass is 10.1. The molecule has 0 saturated heterocycles. The van der Waals surface area contributed by atoms with Crippen LogP contribution in [-0.4, -0.2) is 12.7 Å². The maximum absolute atomic E-state index is 12.0. The van der Waals surface area contributed by atoms with Crippen LogP contribution in [0.2, 0.25) is 0 Å². The largest absolute Gasteiger partial charge is 0.494 e. The zero-order chi connectivity index (χ0) is 18.6. The van der Waals surface area contributed by atoms with Crippen LogP contribution in [0.1, 0.15) is 51.5 Å². The number of benzene rings is 2. The molecule has 0 bridgehead atoms. The Hall–Kier alpha value is -2.49. The van der Waals surface area contributed by atoms with Gasteiger partial charge in [0.2, 0.25) is 0 Å². The Morgan fingerprint density at radius 3 is 2.15 bits per heavy atom. The van der Waals surface area contributed by atoms with E-state index >= 15 is 0 Å². The summed E-state index contributed by atoms with van der Waals surface area (Å²) in [6.07, 6.45) is 6.95. The third-order valence-electron chi connectivity index (χ3n) is 4.11. The molecule has 0 atom stereocenters. The van der Waals surface area contributed by atoms with E-state index in [9.17, 15) is 4.79 Å². The smallest absolute Gasteiger partial charge is 0.417 e. The molecule has 4 nitrogen and oxygen atoms in total. The summed E-state index contributed by atoms with van der Waals surface area (Å²) < 4.78 is 10.7. The third-order valence-corrected chi connectivity index (χ3v) is 4.11. The van der Waals surface area contributed by atoms with Crippen LogP contribution in [0.4, 0.5) is 10.5 Å². The fraction of sp³-hybridized carbons (Fsp3) is 0.409. The number of carbonyl (C=O) groups is 1. The van der Waals surface area contributed by atoms with Crippen LogP contribution < -0.4 is 14.8 Å². The van der Waals surface area contributed by atoms with E-state index in [1.54, 1.807) is 12.1 Å². The quantitative estimate of drug-likeness (QED) is 0.515. The van der Waals surface area contributed by atoms with Gasteiger partial charge in [0.05, 0.1) is 6.61 Å². The van der Waals surface area contributed by atoms with Gasteiger partial charge in [-0.3, -0.25) is 5.32 Å². The molecule has 2 rings (SSSR count). The van der Waals surface area contributed by atoms with Gasteiger partial charge >= 0.3 is 6.09 Å². The van der Waals surface area contributed by atoms with Gasteiger partial charge in [-0.1, -0.05) is 44.7 Å². The molecular weight excluding hydrogens is 326 g/mol. The molecule has 26 heavy (non-hydrogen) atoms. The molecule has 0 aliphatic rings. The van der Waals surface area contributed by atoms with Crippen LogP contribution in [0.5, 0.6) is 11.5 Å². The van der Waals surface area contributed by atoms with Gasteiger partial charge in [0.25, 0.3) is 0 Å². The van der Waals surface area contributed by atoms with Crippen LogP contribution in [-0.2, 0) is 6.42 Å². The van der Waals surface area contributed by atoms with Crippen LogP contribution in [0.25, 0.3) is 0 Å². The van der Waals surface area contributed by atoms with Crippen molar-refractivity contribution in [3.05, 3.63) is 54.1 Å².